The standard InChI is InChI=1S/C52H32N2/c1-4-17-38-33(12-1)15-9-22-41(38)50-43-20-7-8-21-44(43)51(42-23-10-16-34-13-2-5-18-39(34)42)46-32-37(28-30-45(46)50)47-24-11-25-48(53-47)49-31-29-36-27-26-35-14-3-6-19-40(35)52(36)54-49/h1-32H. The molecule has 0 radical (unpaired) electrons. The highest BCUT2D eigenvalue weighted by Gasteiger charge is 2.20. The molecule has 2 aromatic heterocycles. The number of aromatic nitrogens is 2. The van der Waals surface area contributed by atoms with Crippen molar-refractivity contribution in [3.63, 3.8) is 0 Å². The molecular formula is C52H32N2. The van der Waals surface area contributed by atoms with Crippen molar-refractivity contribution in [3.8, 4) is 44.9 Å². The van der Waals surface area contributed by atoms with Gasteiger partial charge in [-0.25, -0.2) is 9.97 Å². The first kappa shape index (κ1) is 30.5. The fourth-order valence-electron chi connectivity index (χ4n) is 8.54. The molecule has 250 valence electrons. The Morgan fingerprint density at radius 3 is 1.41 bits per heavy atom. The minimum Gasteiger partial charge on any atom is -0.246 e. The normalized spacial score (nSPS) is 11.7. The summed E-state index contributed by atoms with van der Waals surface area (Å²) in [6.45, 7) is 0. The Kier molecular flexibility index (Phi) is 6.90. The van der Waals surface area contributed by atoms with Crippen LogP contribution in [0.2, 0.25) is 0 Å². The lowest BCUT2D eigenvalue weighted by Gasteiger charge is -2.20. The molecule has 0 aliphatic heterocycles. The van der Waals surface area contributed by atoms with Crippen LogP contribution in [0.5, 0.6) is 0 Å². The Labute approximate surface area is 312 Å². The monoisotopic (exact) mass is 684 g/mol. The van der Waals surface area contributed by atoms with Gasteiger partial charge in [0.2, 0.25) is 0 Å². The van der Waals surface area contributed by atoms with E-state index in [0.717, 1.165) is 38.9 Å². The lowest BCUT2D eigenvalue weighted by Crippen LogP contribution is -1.94. The van der Waals surface area contributed by atoms with Crippen molar-refractivity contribution in [2.45, 2.75) is 0 Å². The number of benzene rings is 9. The first-order valence-electron chi connectivity index (χ1n) is 18.5. The third-order valence-corrected chi connectivity index (χ3v) is 11.0. The van der Waals surface area contributed by atoms with Crippen molar-refractivity contribution in [2.75, 3.05) is 0 Å². The van der Waals surface area contributed by atoms with E-state index in [-0.39, 0.29) is 0 Å². The molecule has 0 N–H and O–H groups in total. The summed E-state index contributed by atoms with van der Waals surface area (Å²) in [5.74, 6) is 0. The predicted molar refractivity (Wildman–Crippen MR) is 229 cm³/mol. The summed E-state index contributed by atoms with van der Waals surface area (Å²) >= 11 is 0. The Hall–Kier alpha value is -7.16. The van der Waals surface area contributed by atoms with Crippen LogP contribution in [0.25, 0.3) is 110 Å². The van der Waals surface area contributed by atoms with Gasteiger partial charge >= 0.3 is 0 Å². The number of nitrogens with zero attached hydrogens (tertiary/aromatic N) is 2. The van der Waals surface area contributed by atoms with Crippen LogP contribution in [-0.2, 0) is 0 Å². The van der Waals surface area contributed by atoms with Gasteiger partial charge < -0.3 is 0 Å². The topological polar surface area (TPSA) is 25.8 Å². The number of pyridine rings is 2. The van der Waals surface area contributed by atoms with Crippen LogP contribution in [0.3, 0.4) is 0 Å². The van der Waals surface area contributed by atoms with E-state index in [9.17, 15) is 0 Å². The first-order chi connectivity index (χ1) is 26.8. The molecule has 0 saturated heterocycles. The Morgan fingerprint density at radius 1 is 0.259 bits per heavy atom. The minimum atomic E-state index is 0.853. The van der Waals surface area contributed by atoms with Crippen LogP contribution in [-0.4, -0.2) is 9.97 Å². The zero-order chi connectivity index (χ0) is 35.6. The molecule has 0 amide bonds. The lowest BCUT2D eigenvalue weighted by atomic mass is 9.83. The van der Waals surface area contributed by atoms with Crippen molar-refractivity contribution in [3.05, 3.63) is 194 Å². The number of hydrogen-bond donors (Lipinski definition) is 0. The molecule has 2 heteroatoms. The molecule has 0 aliphatic rings. The van der Waals surface area contributed by atoms with Gasteiger partial charge in [-0.1, -0.05) is 170 Å². The van der Waals surface area contributed by atoms with E-state index in [0.29, 0.717) is 0 Å². The van der Waals surface area contributed by atoms with Crippen LogP contribution >= 0.6 is 0 Å². The second-order valence-electron chi connectivity index (χ2n) is 14.1. The highest BCUT2D eigenvalue weighted by molar-refractivity contribution is 6.25. The second-order valence-corrected chi connectivity index (χ2v) is 14.1. The quantitative estimate of drug-likeness (QED) is 0.136. The summed E-state index contributed by atoms with van der Waals surface area (Å²) in [7, 11) is 0. The molecule has 54 heavy (non-hydrogen) atoms. The molecule has 2 heterocycles. The first-order valence-corrected chi connectivity index (χ1v) is 18.5. The average Bonchev–Trinajstić information content (AvgIpc) is 3.25. The molecule has 11 rings (SSSR count). The van der Waals surface area contributed by atoms with E-state index in [4.69, 9.17) is 9.97 Å². The van der Waals surface area contributed by atoms with Crippen LogP contribution < -0.4 is 0 Å². The van der Waals surface area contributed by atoms with E-state index in [1.165, 1.54) is 70.7 Å². The molecular weight excluding hydrogens is 653 g/mol. The summed E-state index contributed by atoms with van der Waals surface area (Å²) in [4.78, 5) is 10.5. The van der Waals surface area contributed by atoms with E-state index < -0.39 is 0 Å². The van der Waals surface area contributed by atoms with Crippen molar-refractivity contribution in [2.24, 2.45) is 0 Å². The summed E-state index contributed by atoms with van der Waals surface area (Å²) < 4.78 is 0. The maximum Gasteiger partial charge on any atom is 0.0894 e. The largest absolute Gasteiger partial charge is 0.246 e. The summed E-state index contributed by atoms with van der Waals surface area (Å²) in [5, 5.41) is 13.3. The van der Waals surface area contributed by atoms with Gasteiger partial charge in [0, 0.05) is 16.3 Å². The highest BCUT2D eigenvalue weighted by Crippen LogP contribution is 2.47. The van der Waals surface area contributed by atoms with Crippen molar-refractivity contribution in [1.82, 2.24) is 9.97 Å². The Bertz CT molecular complexity index is 3280. The predicted octanol–water partition coefficient (Wildman–Crippen LogP) is 14.1. The Balaban J connectivity index is 1.18. The van der Waals surface area contributed by atoms with Gasteiger partial charge in [-0.05, 0) is 95.0 Å². The molecule has 0 fully saturated rings. The number of hydrogen-bond acceptors (Lipinski definition) is 2. The SMILES string of the molecule is c1cc(-c2ccc3c(-c4cccc5ccccc45)c4ccccc4c(-c4cccc5ccccc45)c3c2)nc(-c2ccc3ccc4ccccc4c3n2)c1. The van der Waals surface area contributed by atoms with Crippen LogP contribution in [0.4, 0.5) is 0 Å². The van der Waals surface area contributed by atoms with Gasteiger partial charge in [0.25, 0.3) is 0 Å². The van der Waals surface area contributed by atoms with Gasteiger partial charge in [0.15, 0.2) is 0 Å². The van der Waals surface area contributed by atoms with Crippen molar-refractivity contribution in [1.29, 1.82) is 0 Å². The van der Waals surface area contributed by atoms with Crippen LogP contribution in [0.1, 0.15) is 0 Å². The van der Waals surface area contributed by atoms with Crippen molar-refractivity contribution < 1.29 is 0 Å². The van der Waals surface area contributed by atoms with Gasteiger partial charge in [0.1, 0.15) is 0 Å². The number of fused-ring (bicyclic) bond motifs is 7. The van der Waals surface area contributed by atoms with Gasteiger partial charge in [-0.3, -0.25) is 0 Å². The summed E-state index contributed by atoms with van der Waals surface area (Å²) in [5.41, 5.74) is 9.65. The molecule has 0 spiro atoms. The number of rotatable bonds is 4. The zero-order valence-corrected chi connectivity index (χ0v) is 29.4. The third kappa shape index (κ3) is 4.81. The van der Waals surface area contributed by atoms with Crippen LogP contribution in [0.15, 0.2) is 194 Å². The molecule has 0 saturated carbocycles. The van der Waals surface area contributed by atoms with Crippen LogP contribution in [0, 0.1) is 0 Å². The third-order valence-electron chi connectivity index (χ3n) is 11.0. The van der Waals surface area contributed by atoms with E-state index in [1.807, 2.05) is 0 Å². The Morgan fingerprint density at radius 2 is 0.722 bits per heavy atom. The molecule has 9 aromatic carbocycles. The fourth-order valence-corrected chi connectivity index (χ4v) is 8.54. The van der Waals surface area contributed by atoms with Gasteiger partial charge in [-0.2, -0.15) is 0 Å². The van der Waals surface area contributed by atoms with E-state index >= 15 is 0 Å². The second kappa shape index (κ2) is 12.2. The highest BCUT2D eigenvalue weighted by atomic mass is 14.8. The molecule has 0 atom stereocenters. The maximum atomic E-state index is 5.28. The van der Waals surface area contributed by atoms with Gasteiger partial charge in [-0.15, -0.1) is 0 Å². The van der Waals surface area contributed by atoms with Gasteiger partial charge in [0.05, 0.1) is 22.6 Å². The lowest BCUT2D eigenvalue weighted by molar-refractivity contribution is 1.28. The minimum absolute atomic E-state index is 0.853. The molecule has 0 unspecified atom stereocenters. The fraction of sp³-hybridized carbons (Fsp3) is 0. The van der Waals surface area contributed by atoms with E-state index in [2.05, 4.69) is 194 Å². The zero-order valence-electron chi connectivity index (χ0n) is 29.4. The molecule has 11 aromatic rings. The smallest absolute Gasteiger partial charge is 0.0894 e. The molecule has 0 aliphatic carbocycles. The summed E-state index contributed by atoms with van der Waals surface area (Å²) in [6, 6.07) is 69.9. The molecule has 2 nitrogen and oxygen atoms in total. The van der Waals surface area contributed by atoms with E-state index in [1.54, 1.807) is 0 Å². The molecule has 0 bridgehead atoms. The van der Waals surface area contributed by atoms with Crippen molar-refractivity contribution >= 4 is 64.8 Å². The average molecular weight is 685 g/mol. The maximum absolute atomic E-state index is 5.28. The summed E-state index contributed by atoms with van der Waals surface area (Å²) in [6.07, 6.45) is 0.